The van der Waals surface area contributed by atoms with Gasteiger partial charge in [0, 0.05) is 11.6 Å². The SMILES string of the molecule is Cc1csc(/N=C2/S/C(=C\c3ccccn3)C(=O)N2c2ccccc2)n1. The number of aliphatic imine (C=N–C) groups is 1. The van der Waals surface area contributed by atoms with E-state index in [0.717, 1.165) is 17.1 Å². The first kappa shape index (κ1) is 16.7. The molecule has 1 saturated heterocycles. The van der Waals surface area contributed by atoms with Crippen molar-refractivity contribution in [2.75, 3.05) is 4.90 Å². The highest BCUT2D eigenvalue weighted by atomic mass is 32.2. The maximum atomic E-state index is 13.0. The van der Waals surface area contributed by atoms with Gasteiger partial charge in [-0.25, -0.2) is 4.98 Å². The number of carbonyl (C=O) groups excluding carboxylic acids is 1. The molecular formula is C19H14N4OS2. The Hall–Kier alpha value is -2.77. The van der Waals surface area contributed by atoms with Crippen LogP contribution in [-0.2, 0) is 4.79 Å². The number of hydrogen-bond acceptors (Lipinski definition) is 6. The molecule has 3 aromatic rings. The number of benzene rings is 1. The molecule has 0 aliphatic carbocycles. The van der Waals surface area contributed by atoms with E-state index in [9.17, 15) is 4.79 Å². The van der Waals surface area contributed by atoms with E-state index < -0.39 is 0 Å². The number of rotatable bonds is 3. The van der Waals surface area contributed by atoms with Crippen LogP contribution in [0, 0.1) is 6.92 Å². The number of anilines is 1. The van der Waals surface area contributed by atoms with Crippen molar-refractivity contribution in [2.45, 2.75) is 6.92 Å². The Balaban J connectivity index is 1.77. The number of hydrogen-bond donors (Lipinski definition) is 0. The molecule has 26 heavy (non-hydrogen) atoms. The van der Waals surface area contributed by atoms with E-state index in [4.69, 9.17) is 0 Å². The molecule has 1 amide bonds. The molecule has 1 aliphatic rings. The fraction of sp³-hybridized carbons (Fsp3) is 0.0526. The Labute approximate surface area is 159 Å². The van der Waals surface area contributed by atoms with Crippen LogP contribution in [0.4, 0.5) is 10.8 Å². The van der Waals surface area contributed by atoms with Gasteiger partial charge >= 0.3 is 0 Å². The van der Waals surface area contributed by atoms with E-state index in [0.29, 0.717) is 15.2 Å². The molecule has 2 aromatic heterocycles. The van der Waals surface area contributed by atoms with Gasteiger partial charge in [-0.1, -0.05) is 24.3 Å². The summed E-state index contributed by atoms with van der Waals surface area (Å²) in [4.78, 5) is 28.5. The highest BCUT2D eigenvalue weighted by Crippen LogP contribution is 2.37. The molecule has 0 spiro atoms. The lowest BCUT2D eigenvalue weighted by molar-refractivity contribution is -0.113. The second kappa shape index (κ2) is 7.23. The van der Waals surface area contributed by atoms with E-state index in [-0.39, 0.29) is 5.91 Å². The summed E-state index contributed by atoms with van der Waals surface area (Å²) in [5.74, 6) is -0.112. The number of thiazole rings is 1. The number of pyridine rings is 1. The van der Waals surface area contributed by atoms with Gasteiger partial charge in [-0.05, 0) is 49.0 Å². The number of aryl methyl sites for hydroxylation is 1. The number of aromatic nitrogens is 2. The van der Waals surface area contributed by atoms with Crippen LogP contribution in [-0.4, -0.2) is 21.0 Å². The van der Waals surface area contributed by atoms with Crippen LogP contribution in [0.3, 0.4) is 0 Å². The molecule has 0 radical (unpaired) electrons. The number of amidine groups is 1. The molecule has 3 heterocycles. The molecule has 0 unspecified atom stereocenters. The van der Waals surface area contributed by atoms with Gasteiger partial charge in [-0.2, -0.15) is 4.99 Å². The fourth-order valence-electron chi connectivity index (χ4n) is 2.42. The van der Waals surface area contributed by atoms with Gasteiger partial charge in [-0.3, -0.25) is 14.7 Å². The first-order valence-electron chi connectivity index (χ1n) is 7.91. The van der Waals surface area contributed by atoms with Crippen LogP contribution in [0.25, 0.3) is 6.08 Å². The zero-order valence-electron chi connectivity index (χ0n) is 13.9. The Morgan fingerprint density at radius 2 is 1.92 bits per heavy atom. The molecule has 1 aromatic carbocycles. The summed E-state index contributed by atoms with van der Waals surface area (Å²) in [6.07, 6.45) is 3.50. The van der Waals surface area contributed by atoms with Crippen LogP contribution in [0.1, 0.15) is 11.4 Å². The van der Waals surface area contributed by atoms with Crippen molar-refractivity contribution in [3.63, 3.8) is 0 Å². The van der Waals surface area contributed by atoms with Gasteiger partial charge in [0.25, 0.3) is 5.91 Å². The zero-order valence-corrected chi connectivity index (χ0v) is 15.5. The van der Waals surface area contributed by atoms with Crippen molar-refractivity contribution in [3.8, 4) is 0 Å². The zero-order chi connectivity index (χ0) is 17.9. The van der Waals surface area contributed by atoms with Gasteiger partial charge in [-0.15, -0.1) is 11.3 Å². The summed E-state index contributed by atoms with van der Waals surface area (Å²) in [5, 5.41) is 3.17. The van der Waals surface area contributed by atoms with Crippen molar-refractivity contribution in [1.82, 2.24) is 9.97 Å². The molecule has 128 valence electrons. The lowest BCUT2D eigenvalue weighted by atomic mass is 10.2. The molecule has 4 rings (SSSR count). The molecule has 7 heteroatoms. The van der Waals surface area contributed by atoms with Gasteiger partial charge < -0.3 is 0 Å². The lowest BCUT2D eigenvalue weighted by Crippen LogP contribution is -2.28. The highest BCUT2D eigenvalue weighted by Gasteiger charge is 2.35. The summed E-state index contributed by atoms with van der Waals surface area (Å²) >= 11 is 2.79. The topological polar surface area (TPSA) is 58.5 Å². The molecule has 0 saturated carbocycles. The van der Waals surface area contributed by atoms with Gasteiger partial charge in [0.15, 0.2) is 5.17 Å². The van der Waals surface area contributed by atoms with Crippen molar-refractivity contribution in [1.29, 1.82) is 0 Å². The predicted octanol–water partition coefficient (Wildman–Crippen LogP) is 4.66. The average molecular weight is 378 g/mol. The van der Waals surface area contributed by atoms with Crippen LogP contribution < -0.4 is 4.90 Å². The highest BCUT2D eigenvalue weighted by molar-refractivity contribution is 8.19. The largest absolute Gasteiger partial charge is 0.271 e. The quantitative estimate of drug-likeness (QED) is 0.622. The monoisotopic (exact) mass is 378 g/mol. The maximum absolute atomic E-state index is 13.0. The van der Waals surface area contributed by atoms with E-state index in [1.54, 1.807) is 17.2 Å². The van der Waals surface area contributed by atoms with E-state index in [2.05, 4.69) is 15.0 Å². The first-order chi connectivity index (χ1) is 12.7. The first-order valence-corrected chi connectivity index (χ1v) is 9.61. The van der Waals surface area contributed by atoms with Crippen molar-refractivity contribution < 1.29 is 4.79 Å². The number of amides is 1. The summed E-state index contributed by atoms with van der Waals surface area (Å²) < 4.78 is 0. The Bertz CT molecular complexity index is 997. The Morgan fingerprint density at radius 1 is 1.12 bits per heavy atom. The fourth-order valence-corrected chi connectivity index (χ4v) is 4.11. The minimum absolute atomic E-state index is 0.112. The Kier molecular flexibility index (Phi) is 4.64. The average Bonchev–Trinajstić information content (AvgIpc) is 3.20. The van der Waals surface area contributed by atoms with Crippen molar-refractivity contribution in [3.05, 3.63) is 76.4 Å². The second-order valence-corrected chi connectivity index (χ2v) is 7.35. The standard InChI is InChI=1S/C19H14N4OS2/c1-13-12-25-18(21-13)22-19-23(15-8-3-2-4-9-15)17(24)16(26-19)11-14-7-5-6-10-20-14/h2-12H,1H3/b16-11-,22-19+. The molecule has 0 N–H and O–H groups in total. The van der Waals surface area contributed by atoms with E-state index >= 15 is 0 Å². The number of carbonyl (C=O) groups is 1. The van der Waals surface area contributed by atoms with Crippen LogP contribution in [0.2, 0.25) is 0 Å². The molecule has 5 nitrogen and oxygen atoms in total. The summed E-state index contributed by atoms with van der Waals surface area (Å²) in [6.45, 7) is 1.93. The second-order valence-electron chi connectivity index (χ2n) is 5.51. The molecule has 1 fully saturated rings. The summed E-state index contributed by atoms with van der Waals surface area (Å²) in [7, 11) is 0. The molecule has 1 aliphatic heterocycles. The number of para-hydroxylation sites is 1. The van der Waals surface area contributed by atoms with E-state index in [1.165, 1.54) is 23.1 Å². The molecule has 0 bridgehead atoms. The smallest absolute Gasteiger partial charge is 0.268 e. The van der Waals surface area contributed by atoms with Crippen LogP contribution in [0.5, 0.6) is 0 Å². The van der Waals surface area contributed by atoms with Crippen molar-refractivity contribution in [2.24, 2.45) is 4.99 Å². The molecular weight excluding hydrogens is 364 g/mol. The third-order valence-electron chi connectivity index (χ3n) is 3.59. The minimum atomic E-state index is -0.112. The minimum Gasteiger partial charge on any atom is -0.268 e. The Morgan fingerprint density at radius 3 is 2.62 bits per heavy atom. The third-order valence-corrected chi connectivity index (χ3v) is 5.41. The maximum Gasteiger partial charge on any atom is 0.271 e. The third kappa shape index (κ3) is 3.44. The summed E-state index contributed by atoms with van der Waals surface area (Å²) in [5.41, 5.74) is 2.43. The normalized spacial score (nSPS) is 17.4. The van der Waals surface area contributed by atoms with E-state index in [1.807, 2.05) is 60.8 Å². The number of thioether (sulfide) groups is 1. The molecule has 0 atom stereocenters. The van der Waals surface area contributed by atoms with Gasteiger partial charge in [0.05, 0.1) is 22.0 Å². The van der Waals surface area contributed by atoms with Crippen molar-refractivity contribution >= 4 is 51.1 Å². The number of nitrogens with zero attached hydrogens (tertiary/aromatic N) is 4. The lowest BCUT2D eigenvalue weighted by Gasteiger charge is -2.14. The van der Waals surface area contributed by atoms with Gasteiger partial charge in [0.1, 0.15) is 0 Å². The van der Waals surface area contributed by atoms with Crippen LogP contribution in [0.15, 0.2) is 70.0 Å². The van der Waals surface area contributed by atoms with Crippen LogP contribution >= 0.6 is 23.1 Å². The summed E-state index contributed by atoms with van der Waals surface area (Å²) in [6, 6.07) is 15.1. The van der Waals surface area contributed by atoms with Gasteiger partial charge in [0.2, 0.25) is 5.13 Å². The predicted molar refractivity (Wildman–Crippen MR) is 108 cm³/mol.